The Morgan fingerprint density at radius 2 is 1.44 bits per heavy atom. The minimum Gasteiger partial charge on any atom is -0.490 e. The number of hydrogen-bond acceptors (Lipinski definition) is 5. The van der Waals surface area contributed by atoms with E-state index in [2.05, 4.69) is 5.32 Å². The van der Waals surface area contributed by atoms with Gasteiger partial charge in [0.15, 0.2) is 11.5 Å². The van der Waals surface area contributed by atoms with Crippen molar-refractivity contribution in [2.75, 3.05) is 38.2 Å². The van der Waals surface area contributed by atoms with Gasteiger partial charge in [-0.15, -0.1) is 0 Å². The summed E-state index contributed by atoms with van der Waals surface area (Å²) in [7, 11) is 0. The highest BCUT2D eigenvalue weighted by Crippen LogP contribution is 2.39. The minimum absolute atomic E-state index is 0.153. The number of nitrogens with zero attached hydrogens (tertiary/aromatic N) is 1. The molecule has 7 nitrogen and oxygen atoms in total. The maximum atomic E-state index is 12.9. The van der Waals surface area contributed by atoms with Crippen molar-refractivity contribution < 1.29 is 23.8 Å². The third-order valence-corrected chi connectivity index (χ3v) is 5.20. The lowest BCUT2D eigenvalue weighted by molar-refractivity contribution is -0.129. The predicted molar refractivity (Wildman–Crippen MR) is 124 cm³/mol. The molecule has 0 radical (unpaired) electrons. The average Bonchev–Trinajstić information content (AvgIpc) is 3.32. The summed E-state index contributed by atoms with van der Waals surface area (Å²) in [6.07, 6.45) is 2.54. The number of likely N-dealkylation sites (tertiary alicyclic amines) is 1. The summed E-state index contributed by atoms with van der Waals surface area (Å²) in [6.45, 7) is 8.66. The van der Waals surface area contributed by atoms with Gasteiger partial charge >= 0.3 is 0 Å². The molecule has 172 valence electrons. The van der Waals surface area contributed by atoms with Gasteiger partial charge in [-0.05, 0) is 63.4 Å². The van der Waals surface area contributed by atoms with Crippen molar-refractivity contribution >= 4 is 17.5 Å². The van der Waals surface area contributed by atoms with Gasteiger partial charge in [-0.3, -0.25) is 9.59 Å². The molecule has 1 aliphatic rings. The van der Waals surface area contributed by atoms with Gasteiger partial charge in [-0.25, -0.2) is 0 Å². The molecular formula is C25H32N2O5. The molecule has 2 aromatic rings. The van der Waals surface area contributed by atoms with E-state index >= 15 is 0 Å². The molecule has 2 aromatic carbocycles. The van der Waals surface area contributed by atoms with Crippen LogP contribution in [-0.4, -0.2) is 49.6 Å². The highest BCUT2D eigenvalue weighted by atomic mass is 16.5. The number of carbonyl (C=O) groups is 2. The van der Waals surface area contributed by atoms with E-state index in [0.29, 0.717) is 54.7 Å². The average molecular weight is 441 g/mol. The van der Waals surface area contributed by atoms with Crippen LogP contribution >= 0.6 is 0 Å². The van der Waals surface area contributed by atoms with E-state index in [-0.39, 0.29) is 11.8 Å². The van der Waals surface area contributed by atoms with Crippen molar-refractivity contribution in [2.24, 2.45) is 0 Å². The van der Waals surface area contributed by atoms with Gasteiger partial charge in [0.1, 0.15) is 0 Å². The van der Waals surface area contributed by atoms with Crippen molar-refractivity contribution in [1.82, 2.24) is 4.90 Å². The lowest BCUT2D eigenvalue weighted by Crippen LogP contribution is -2.29. The molecule has 0 saturated carbocycles. The first-order chi connectivity index (χ1) is 15.5. The fourth-order valence-corrected chi connectivity index (χ4v) is 3.68. The van der Waals surface area contributed by atoms with Gasteiger partial charge in [-0.2, -0.15) is 0 Å². The molecular weight excluding hydrogens is 408 g/mol. The normalized spacial score (nSPS) is 13.0. The summed E-state index contributed by atoms with van der Waals surface area (Å²) in [6, 6.07) is 10.7. The second kappa shape index (κ2) is 11.4. The monoisotopic (exact) mass is 440 g/mol. The van der Waals surface area contributed by atoms with Gasteiger partial charge in [-0.1, -0.05) is 12.1 Å². The number of rotatable bonds is 10. The number of anilines is 1. The van der Waals surface area contributed by atoms with Crippen molar-refractivity contribution in [3.05, 3.63) is 47.5 Å². The summed E-state index contributed by atoms with van der Waals surface area (Å²) >= 11 is 0. The zero-order chi connectivity index (χ0) is 22.9. The molecule has 0 aliphatic carbocycles. The van der Waals surface area contributed by atoms with Crippen molar-refractivity contribution in [1.29, 1.82) is 0 Å². The van der Waals surface area contributed by atoms with Crippen LogP contribution < -0.4 is 19.5 Å². The molecule has 0 unspecified atom stereocenters. The minimum atomic E-state index is -0.282. The van der Waals surface area contributed by atoms with Crippen molar-refractivity contribution in [3.8, 4) is 17.2 Å². The van der Waals surface area contributed by atoms with Crippen LogP contribution in [0.4, 0.5) is 5.69 Å². The molecule has 3 rings (SSSR count). The van der Waals surface area contributed by atoms with Crippen LogP contribution in [0.2, 0.25) is 0 Å². The Morgan fingerprint density at radius 1 is 0.875 bits per heavy atom. The lowest BCUT2D eigenvalue weighted by Gasteiger charge is -2.17. The molecule has 1 saturated heterocycles. The Balaban J connectivity index is 1.72. The third kappa shape index (κ3) is 5.93. The van der Waals surface area contributed by atoms with Gasteiger partial charge in [0.05, 0.1) is 26.2 Å². The van der Waals surface area contributed by atoms with Crippen molar-refractivity contribution in [2.45, 2.75) is 40.0 Å². The van der Waals surface area contributed by atoms with Crippen LogP contribution in [0.15, 0.2) is 36.4 Å². The van der Waals surface area contributed by atoms with Gasteiger partial charge in [0.2, 0.25) is 11.7 Å². The fourth-order valence-electron chi connectivity index (χ4n) is 3.68. The van der Waals surface area contributed by atoms with Crippen molar-refractivity contribution in [3.63, 3.8) is 0 Å². The van der Waals surface area contributed by atoms with Gasteiger partial charge in [0.25, 0.3) is 5.91 Å². The summed E-state index contributed by atoms with van der Waals surface area (Å²) in [5.74, 6) is 1.32. The zero-order valence-corrected chi connectivity index (χ0v) is 19.1. The quantitative estimate of drug-likeness (QED) is 0.596. The number of benzene rings is 2. The zero-order valence-electron chi connectivity index (χ0n) is 19.1. The van der Waals surface area contributed by atoms with E-state index in [1.807, 2.05) is 49.9 Å². The molecule has 1 fully saturated rings. The number of hydrogen-bond donors (Lipinski definition) is 1. The van der Waals surface area contributed by atoms with Crippen LogP contribution in [0, 0.1) is 0 Å². The van der Waals surface area contributed by atoms with Crippen LogP contribution in [0.1, 0.15) is 49.5 Å². The second-order valence-corrected chi connectivity index (χ2v) is 7.52. The first-order valence-corrected chi connectivity index (χ1v) is 11.3. The highest BCUT2D eigenvalue weighted by Gasteiger charge is 2.19. The molecule has 1 aliphatic heterocycles. The smallest absolute Gasteiger partial charge is 0.255 e. The molecule has 32 heavy (non-hydrogen) atoms. The first kappa shape index (κ1) is 23.4. The third-order valence-electron chi connectivity index (χ3n) is 5.20. The molecule has 2 amide bonds. The molecule has 0 bridgehead atoms. The maximum absolute atomic E-state index is 12.9. The van der Waals surface area contributed by atoms with E-state index in [9.17, 15) is 9.59 Å². The Hall–Kier alpha value is -3.22. The largest absolute Gasteiger partial charge is 0.490 e. The molecule has 7 heteroatoms. The molecule has 1 heterocycles. The summed E-state index contributed by atoms with van der Waals surface area (Å²) in [4.78, 5) is 27.1. The number of ether oxygens (including phenoxy) is 3. The summed E-state index contributed by atoms with van der Waals surface area (Å²) in [5.41, 5.74) is 1.99. The number of nitrogens with one attached hydrogen (secondary N) is 1. The highest BCUT2D eigenvalue weighted by molar-refractivity contribution is 6.05. The van der Waals surface area contributed by atoms with Crippen LogP contribution in [-0.2, 0) is 11.2 Å². The molecule has 0 aromatic heterocycles. The van der Waals surface area contributed by atoms with E-state index in [1.165, 1.54) is 0 Å². The summed E-state index contributed by atoms with van der Waals surface area (Å²) in [5, 5.41) is 2.90. The summed E-state index contributed by atoms with van der Waals surface area (Å²) < 4.78 is 17.1. The Labute approximate surface area is 189 Å². The number of carbonyl (C=O) groups excluding carboxylic acids is 2. The second-order valence-electron chi connectivity index (χ2n) is 7.52. The Kier molecular flexibility index (Phi) is 8.36. The Bertz CT molecular complexity index is 893. The lowest BCUT2D eigenvalue weighted by atomic mass is 10.1. The van der Waals surface area contributed by atoms with Gasteiger partial charge < -0.3 is 24.4 Å². The van der Waals surface area contributed by atoms with E-state index < -0.39 is 0 Å². The van der Waals surface area contributed by atoms with Crippen LogP contribution in [0.3, 0.4) is 0 Å². The van der Waals surface area contributed by atoms with E-state index in [1.54, 1.807) is 12.1 Å². The SMILES string of the molecule is CCOc1cc(C(=O)Nc2ccc(CC(=O)N3CCCC3)cc2)cc(OCC)c1OCC. The van der Waals surface area contributed by atoms with E-state index in [4.69, 9.17) is 14.2 Å². The Morgan fingerprint density at radius 3 is 1.97 bits per heavy atom. The maximum Gasteiger partial charge on any atom is 0.255 e. The number of amides is 2. The van der Waals surface area contributed by atoms with Crippen LogP contribution in [0.5, 0.6) is 17.2 Å². The van der Waals surface area contributed by atoms with Crippen LogP contribution in [0.25, 0.3) is 0 Å². The molecule has 1 N–H and O–H groups in total. The standard InChI is InChI=1S/C25H32N2O5/c1-4-30-21-16-19(17-22(31-5-2)24(21)32-6-3)25(29)26-20-11-9-18(10-12-20)15-23(28)27-13-7-8-14-27/h9-12,16-17H,4-8,13-15H2,1-3H3,(H,26,29). The fraction of sp³-hybridized carbons (Fsp3) is 0.440. The molecule has 0 spiro atoms. The van der Waals surface area contributed by atoms with Gasteiger partial charge in [0, 0.05) is 24.3 Å². The molecule has 0 atom stereocenters. The van der Waals surface area contributed by atoms with E-state index in [0.717, 1.165) is 31.5 Å². The first-order valence-electron chi connectivity index (χ1n) is 11.3. The predicted octanol–water partition coefficient (Wildman–Crippen LogP) is 4.30. The topological polar surface area (TPSA) is 77.1 Å².